The van der Waals surface area contributed by atoms with E-state index in [2.05, 4.69) is 50.9 Å². The second kappa shape index (κ2) is 5.63. The van der Waals surface area contributed by atoms with Crippen molar-refractivity contribution >= 4 is 0 Å². The monoisotopic (exact) mass is 270 g/mol. The maximum atomic E-state index is 5.99. The SMILES string of the molecule is Cc1ccc(C(C)(C)C)c(Oc2cc(CN)ccn2)c1. The normalized spacial score (nSPS) is 11.4. The molecule has 0 aliphatic heterocycles. The molecule has 0 atom stereocenters. The van der Waals surface area contributed by atoms with Crippen LogP contribution in [0.5, 0.6) is 11.6 Å². The van der Waals surface area contributed by atoms with Gasteiger partial charge in [-0.3, -0.25) is 0 Å². The van der Waals surface area contributed by atoms with Crippen molar-refractivity contribution in [1.29, 1.82) is 0 Å². The summed E-state index contributed by atoms with van der Waals surface area (Å²) in [5.74, 6) is 1.45. The minimum absolute atomic E-state index is 0.0223. The lowest BCUT2D eigenvalue weighted by Gasteiger charge is -2.23. The fraction of sp³-hybridized carbons (Fsp3) is 0.353. The Hall–Kier alpha value is -1.87. The molecular weight excluding hydrogens is 248 g/mol. The molecule has 0 aliphatic carbocycles. The second-order valence-electron chi connectivity index (χ2n) is 6.06. The Labute approximate surface area is 120 Å². The van der Waals surface area contributed by atoms with Crippen LogP contribution in [0.1, 0.15) is 37.5 Å². The van der Waals surface area contributed by atoms with Crippen molar-refractivity contribution in [3.05, 3.63) is 53.2 Å². The molecule has 20 heavy (non-hydrogen) atoms. The number of nitrogens with zero attached hydrogens (tertiary/aromatic N) is 1. The summed E-state index contributed by atoms with van der Waals surface area (Å²) >= 11 is 0. The largest absolute Gasteiger partial charge is 0.439 e. The quantitative estimate of drug-likeness (QED) is 0.919. The number of benzene rings is 1. The predicted octanol–water partition coefficient (Wildman–Crippen LogP) is 3.94. The smallest absolute Gasteiger partial charge is 0.219 e. The minimum atomic E-state index is 0.0223. The summed E-state index contributed by atoms with van der Waals surface area (Å²) in [5.41, 5.74) is 9.03. The molecule has 1 heterocycles. The highest BCUT2D eigenvalue weighted by molar-refractivity contribution is 5.43. The van der Waals surface area contributed by atoms with Crippen molar-refractivity contribution in [2.75, 3.05) is 0 Å². The Morgan fingerprint density at radius 1 is 1.15 bits per heavy atom. The lowest BCUT2D eigenvalue weighted by molar-refractivity contribution is 0.439. The summed E-state index contributed by atoms with van der Waals surface area (Å²) in [5, 5.41) is 0. The zero-order valence-corrected chi connectivity index (χ0v) is 12.6. The van der Waals surface area contributed by atoms with Crippen LogP contribution < -0.4 is 10.5 Å². The van der Waals surface area contributed by atoms with Gasteiger partial charge < -0.3 is 10.5 Å². The Morgan fingerprint density at radius 3 is 2.55 bits per heavy atom. The third kappa shape index (κ3) is 3.36. The van der Waals surface area contributed by atoms with Crippen LogP contribution in [-0.4, -0.2) is 4.98 Å². The first-order valence-electron chi connectivity index (χ1n) is 6.84. The Kier molecular flexibility index (Phi) is 4.09. The van der Waals surface area contributed by atoms with E-state index in [1.807, 2.05) is 12.1 Å². The molecule has 0 saturated heterocycles. The van der Waals surface area contributed by atoms with Gasteiger partial charge in [0.05, 0.1) is 0 Å². The van der Waals surface area contributed by atoms with Crippen molar-refractivity contribution < 1.29 is 4.74 Å². The number of aryl methyl sites for hydroxylation is 1. The number of pyridine rings is 1. The van der Waals surface area contributed by atoms with Crippen molar-refractivity contribution in [1.82, 2.24) is 4.98 Å². The molecule has 0 saturated carbocycles. The van der Waals surface area contributed by atoms with Crippen LogP contribution in [0.2, 0.25) is 0 Å². The summed E-state index contributed by atoms with van der Waals surface area (Å²) in [6.07, 6.45) is 1.73. The Balaban J connectivity index is 2.39. The van der Waals surface area contributed by atoms with Crippen LogP contribution in [0.15, 0.2) is 36.5 Å². The van der Waals surface area contributed by atoms with E-state index in [-0.39, 0.29) is 5.41 Å². The third-order valence-electron chi connectivity index (χ3n) is 3.19. The third-order valence-corrected chi connectivity index (χ3v) is 3.19. The van der Waals surface area contributed by atoms with Gasteiger partial charge >= 0.3 is 0 Å². The van der Waals surface area contributed by atoms with Crippen LogP contribution in [0.4, 0.5) is 0 Å². The molecule has 3 nitrogen and oxygen atoms in total. The average Bonchev–Trinajstić information content (AvgIpc) is 2.37. The van der Waals surface area contributed by atoms with Crippen LogP contribution in [0.3, 0.4) is 0 Å². The van der Waals surface area contributed by atoms with Gasteiger partial charge in [-0.25, -0.2) is 4.98 Å². The first-order valence-corrected chi connectivity index (χ1v) is 6.84. The highest BCUT2D eigenvalue weighted by Gasteiger charge is 2.19. The van der Waals surface area contributed by atoms with Crippen LogP contribution in [-0.2, 0) is 12.0 Å². The first-order chi connectivity index (χ1) is 9.40. The molecule has 2 N–H and O–H groups in total. The van der Waals surface area contributed by atoms with Crippen LogP contribution in [0.25, 0.3) is 0 Å². The van der Waals surface area contributed by atoms with E-state index in [1.165, 1.54) is 11.1 Å². The Morgan fingerprint density at radius 2 is 1.90 bits per heavy atom. The molecule has 0 radical (unpaired) electrons. The topological polar surface area (TPSA) is 48.1 Å². The van der Waals surface area contributed by atoms with E-state index < -0.39 is 0 Å². The van der Waals surface area contributed by atoms with Gasteiger partial charge in [0.25, 0.3) is 0 Å². The van der Waals surface area contributed by atoms with Gasteiger partial charge in [0, 0.05) is 24.4 Å². The molecule has 0 bridgehead atoms. The number of hydrogen-bond acceptors (Lipinski definition) is 3. The van der Waals surface area contributed by atoms with Crippen molar-refractivity contribution in [2.24, 2.45) is 5.73 Å². The number of nitrogens with two attached hydrogens (primary N) is 1. The molecule has 1 aromatic heterocycles. The molecule has 0 fully saturated rings. The van der Waals surface area contributed by atoms with Gasteiger partial charge in [-0.05, 0) is 35.6 Å². The average molecular weight is 270 g/mol. The number of hydrogen-bond donors (Lipinski definition) is 1. The lowest BCUT2D eigenvalue weighted by atomic mass is 9.86. The van der Waals surface area contributed by atoms with Gasteiger partial charge in [-0.2, -0.15) is 0 Å². The van der Waals surface area contributed by atoms with E-state index in [9.17, 15) is 0 Å². The van der Waals surface area contributed by atoms with Crippen molar-refractivity contribution in [3.63, 3.8) is 0 Å². The van der Waals surface area contributed by atoms with Crippen LogP contribution in [0, 0.1) is 6.92 Å². The first kappa shape index (κ1) is 14.5. The van der Waals surface area contributed by atoms with Gasteiger partial charge in [0.15, 0.2) is 0 Å². The zero-order valence-electron chi connectivity index (χ0n) is 12.6. The molecular formula is C17H22N2O. The van der Waals surface area contributed by atoms with Gasteiger partial charge in [0.1, 0.15) is 5.75 Å². The fourth-order valence-corrected chi connectivity index (χ4v) is 2.08. The van der Waals surface area contributed by atoms with E-state index in [1.54, 1.807) is 6.20 Å². The summed E-state index contributed by atoms with van der Waals surface area (Å²) in [4.78, 5) is 4.26. The van der Waals surface area contributed by atoms with Gasteiger partial charge in [-0.1, -0.05) is 32.9 Å². The van der Waals surface area contributed by atoms with Crippen LogP contribution >= 0.6 is 0 Å². The highest BCUT2D eigenvalue weighted by atomic mass is 16.5. The van der Waals surface area contributed by atoms with E-state index >= 15 is 0 Å². The predicted molar refractivity (Wildman–Crippen MR) is 82.1 cm³/mol. The summed E-state index contributed by atoms with van der Waals surface area (Å²) < 4.78 is 5.99. The molecule has 1 aromatic carbocycles. The van der Waals surface area contributed by atoms with E-state index in [0.29, 0.717) is 12.4 Å². The second-order valence-corrected chi connectivity index (χ2v) is 6.06. The molecule has 106 valence electrons. The number of ether oxygens (including phenoxy) is 1. The minimum Gasteiger partial charge on any atom is -0.439 e. The molecule has 2 rings (SSSR count). The molecule has 3 heteroatoms. The van der Waals surface area contributed by atoms with Crippen molar-refractivity contribution in [3.8, 4) is 11.6 Å². The maximum absolute atomic E-state index is 5.99. The Bertz CT molecular complexity index is 600. The van der Waals surface area contributed by atoms with Crippen molar-refractivity contribution in [2.45, 2.75) is 39.7 Å². The van der Waals surface area contributed by atoms with E-state index in [4.69, 9.17) is 10.5 Å². The summed E-state index contributed by atoms with van der Waals surface area (Å²) in [6.45, 7) is 9.07. The zero-order chi connectivity index (χ0) is 14.8. The highest BCUT2D eigenvalue weighted by Crippen LogP contribution is 2.34. The van der Waals surface area contributed by atoms with Gasteiger partial charge in [-0.15, -0.1) is 0 Å². The summed E-state index contributed by atoms with van der Waals surface area (Å²) in [6, 6.07) is 10.1. The molecule has 0 unspecified atom stereocenters. The molecule has 0 aliphatic rings. The van der Waals surface area contributed by atoms with Gasteiger partial charge in [0.2, 0.25) is 5.88 Å². The fourth-order valence-electron chi connectivity index (χ4n) is 2.08. The standard InChI is InChI=1S/C17H22N2O/c1-12-5-6-14(17(2,3)4)15(9-12)20-16-10-13(11-18)7-8-19-16/h5-10H,11,18H2,1-4H3. The van der Waals surface area contributed by atoms with E-state index in [0.717, 1.165) is 11.3 Å². The lowest BCUT2D eigenvalue weighted by Crippen LogP contribution is -2.12. The molecule has 2 aromatic rings. The molecule has 0 amide bonds. The molecule has 0 spiro atoms. The maximum Gasteiger partial charge on any atom is 0.219 e. The summed E-state index contributed by atoms with van der Waals surface area (Å²) in [7, 11) is 0. The number of aromatic nitrogens is 1. The number of rotatable bonds is 3.